The summed E-state index contributed by atoms with van der Waals surface area (Å²) >= 11 is 0. The minimum atomic E-state index is -0.490. The Morgan fingerprint density at radius 2 is 1.71 bits per heavy atom. The fourth-order valence-electron chi connectivity index (χ4n) is 3.57. The van der Waals surface area contributed by atoms with Crippen LogP contribution in [0.25, 0.3) is 0 Å². The van der Waals surface area contributed by atoms with Gasteiger partial charge in [-0.2, -0.15) is 0 Å². The Morgan fingerprint density at radius 3 is 2.19 bits per heavy atom. The first-order chi connectivity index (χ1) is 9.73. The molecule has 1 saturated heterocycles. The number of carbonyl (C=O) groups excluding carboxylic acids is 3. The van der Waals surface area contributed by atoms with Gasteiger partial charge in [-0.15, -0.1) is 0 Å². The molecule has 1 heterocycles. The average Bonchev–Trinajstić information content (AvgIpc) is 2.64. The Labute approximate surface area is 125 Å². The van der Waals surface area contributed by atoms with Crippen molar-refractivity contribution < 1.29 is 14.4 Å². The van der Waals surface area contributed by atoms with E-state index in [0.717, 1.165) is 5.57 Å². The zero-order chi connectivity index (χ0) is 15.9. The largest absolute Gasteiger partial charge is 0.349 e. The van der Waals surface area contributed by atoms with Crippen LogP contribution in [0.5, 0.6) is 0 Å². The monoisotopic (exact) mass is 292 g/mol. The molecule has 1 aliphatic carbocycles. The Morgan fingerprint density at radius 1 is 1.14 bits per heavy atom. The molecule has 0 aromatic rings. The number of hydrogen-bond acceptors (Lipinski definition) is 3. The van der Waals surface area contributed by atoms with Gasteiger partial charge in [0.2, 0.25) is 17.7 Å². The molecule has 0 aromatic carbocycles. The summed E-state index contributed by atoms with van der Waals surface area (Å²) in [5, 5.41) is 5.32. The van der Waals surface area contributed by atoms with Crippen LogP contribution in [0.2, 0.25) is 0 Å². The van der Waals surface area contributed by atoms with Crippen LogP contribution in [0, 0.1) is 29.6 Å². The van der Waals surface area contributed by atoms with E-state index in [9.17, 15) is 14.4 Å². The van der Waals surface area contributed by atoms with Crippen LogP contribution >= 0.6 is 0 Å². The van der Waals surface area contributed by atoms with Gasteiger partial charge in [0.15, 0.2) is 0 Å². The second kappa shape index (κ2) is 5.62. The van der Waals surface area contributed by atoms with E-state index in [1.807, 2.05) is 13.8 Å². The van der Waals surface area contributed by atoms with Crippen molar-refractivity contribution in [3.63, 3.8) is 0 Å². The van der Waals surface area contributed by atoms with Crippen LogP contribution in [0.3, 0.4) is 0 Å². The maximum absolute atomic E-state index is 12.2. The Bertz CT molecular complexity index is 508. The molecule has 2 rings (SSSR count). The van der Waals surface area contributed by atoms with Crippen LogP contribution in [-0.4, -0.2) is 23.8 Å². The number of allylic oxidation sites excluding steroid dienone is 1. The fraction of sp³-hybridized carbons (Fsp3) is 0.688. The lowest BCUT2D eigenvalue weighted by atomic mass is 9.66. The van der Waals surface area contributed by atoms with Crippen LogP contribution in [0.4, 0.5) is 0 Å². The molecular formula is C16H24N2O3. The van der Waals surface area contributed by atoms with E-state index < -0.39 is 5.92 Å². The van der Waals surface area contributed by atoms with Crippen molar-refractivity contribution in [1.29, 1.82) is 0 Å². The third-order valence-corrected chi connectivity index (χ3v) is 4.55. The molecule has 5 heteroatoms. The Kier molecular flexibility index (Phi) is 4.21. The first-order valence-corrected chi connectivity index (χ1v) is 7.57. The van der Waals surface area contributed by atoms with E-state index in [1.165, 1.54) is 6.92 Å². The quantitative estimate of drug-likeness (QED) is 0.607. The SMILES string of the molecule is CC(=O)N[C@@H]1C(C(C)C)=C[C@H](C(C)C)[C@@H]2C(=O)NC(=O)[C@@H]21. The molecule has 2 aliphatic rings. The van der Waals surface area contributed by atoms with Gasteiger partial charge in [-0.1, -0.05) is 33.8 Å². The molecule has 0 unspecified atom stereocenters. The van der Waals surface area contributed by atoms with Gasteiger partial charge in [0.05, 0.1) is 17.9 Å². The van der Waals surface area contributed by atoms with Gasteiger partial charge >= 0.3 is 0 Å². The molecule has 1 aliphatic heterocycles. The van der Waals surface area contributed by atoms with E-state index in [-0.39, 0.29) is 47.4 Å². The maximum atomic E-state index is 12.2. The van der Waals surface area contributed by atoms with E-state index in [2.05, 4.69) is 30.6 Å². The second-order valence-electron chi connectivity index (χ2n) is 6.73. The number of imide groups is 1. The Hall–Kier alpha value is -1.65. The van der Waals surface area contributed by atoms with Crippen molar-refractivity contribution >= 4 is 17.7 Å². The van der Waals surface area contributed by atoms with Crippen molar-refractivity contribution in [3.05, 3.63) is 11.6 Å². The summed E-state index contributed by atoms with van der Waals surface area (Å²) < 4.78 is 0. The minimum absolute atomic E-state index is 0.0314. The molecule has 4 atom stereocenters. The lowest BCUT2D eigenvalue weighted by Gasteiger charge is -2.39. The standard InChI is InChI=1S/C16H24N2O3/c1-7(2)10-6-11(8(3)4)14(17-9(5)19)13-12(10)15(20)18-16(13)21/h6-8,10,12-14H,1-5H3,(H,17,19)(H,18,20,21)/t10-,12+,13+,14-/m1/s1. The summed E-state index contributed by atoms with van der Waals surface area (Å²) in [4.78, 5) is 35.9. The average molecular weight is 292 g/mol. The van der Waals surface area contributed by atoms with Crippen molar-refractivity contribution in [1.82, 2.24) is 10.6 Å². The van der Waals surface area contributed by atoms with Crippen molar-refractivity contribution in [2.24, 2.45) is 29.6 Å². The summed E-state index contributed by atoms with van der Waals surface area (Å²) in [7, 11) is 0. The summed E-state index contributed by atoms with van der Waals surface area (Å²) in [5.41, 5.74) is 1.05. The molecule has 0 bridgehead atoms. The van der Waals surface area contributed by atoms with Gasteiger partial charge in [-0.3, -0.25) is 19.7 Å². The van der Waals surface area contributed by atoms with Gasteiger partial charge in [-0.25, -0.2) is 0 Å². The molecule has 21 heavy (non-hydrogen) atoms. The molecular weight excluding hydrogens is 268 g/mol. The highest BCUT2D eigenvalue weighted by Crippen LogP contribution is 2.42. The number of amides is 3. The molecule has 2 N–H and O–H groups in total. The van der Waals surface area contributed by atoms with E-state index in [1.54, 1.807) is 0 Å². The summed E-state index contributed by atoms with van der Waals surface area (Å²) in [6, 6.07) is -0.381. The van der Waals surface area contributed by atoms with E-state index >= 15 is 0 Å². The van der Waals surface area contributed by atoms with Crippen LogP contribution < -0.4 is 10.6 Å². The van der Waals surface area contributed by atoms with Gasteiger partial charge in [-0.05, 0) is 23.3 Å². The molecule has 1 fully saturated rings. The number of nitrogens with one attached hydrogen (secondary N) is 2. The third-order valence-electron chi connectivity index (χ3n) is 4.55. The molecule has 3 amide bonds. The summed E-state index contributed by atoms with van der Waals surface area (Å²) in [6.07, 6.45) is 2.11. The van der Waals surface area contributed by atoms with Crippen molar-refractivity contribution in [2.45, 2.75) is 40.7 Å². The van der Waals surface area contributed by atoms with Crippen LogP contribution in [-0.2, 0) is 14.4 Å². The minimum Gasteiger partial charge on any atom is -0.349 e. The highest BCUT2D eigenvalue weighted by molar-refractivity contribution is 6.06. The maximum Gasteiger partial charge on any atom is 0.232 e. The highest BCUT2D eigenvalue weighted by atomic mass is 16.2. The second-order valence-corrected chi connectivity index (χ2v) is 6.73. The van der Waals surface area contributed by atoms with Crippen molar-refractivity contribution in [2.75, 3.05) is 0 Å². The van der Waals surface area contributed by atoms with Crippen molar-refractivity contribution in [3.8, 4) is 0 Å². The molecule has 0 saturated carbocycles. The predicted octanol–water partition coefficient (Wildman–Crippen LogP) is 1.25. The number of fused-ring (bicyclic) bond motifs is 1. The van der Waals surface area contributed by atoms with Gasteiger partial charge in [0.25, 0.3) is 0 Å². The lowest BCUT2D eigenvalue weighted by molar-refractivity contribution is -0.126. The highest BCUT2D eigenvalue weighted by Gasteiger charge is 2.53. The number of carbonyl (C=O) groups is 3. The van der Waals surface area contributed by atoms with Crippen LogP contribution in [0.15, 0.2) is 11.6 Å². The summed E-state index contributed by atoms with van der Waals surface area (Å²) in [5.74, 6) is -1.01. The molecule has 5 nitrogen and oxygen atoms in total. The van der Waals surface area contributed by atoms with E-state index in [0.29, 0.717) is 0 Å². The van der Waals surface area contributed by atoms with Gasteiger partial charge < -0.3 is 5.32 Å². The summed E-state index contributed by atoms with van der Waals surface area (Å²) in [6.45, 7) is 9.66. The van der Waals surface area contributed by atoms with E-state index in [4.69, 9.17) is 0 Å². The van der Waals surface area contributed by atoms with Gasteiger partial charge in [0.1, 0.15) is 0 Å². The normalized spacial score (nSPS) is 32.0. The zero-order valence-electron chi connectivity index (χ0n) is 13.3. The number of hydrogen-bond donors (Lipinski definition) is 2. The lowest BCUT2D eigenvalue weighted by Crippen LogP contribution is -2.50. The third kappa shape index (κ3) is 2.74. The number of rotatable bonds is 3. The first-order valence-electron chi connectivity index (χ1n) is 7.57. The molecule has 0 aromatic heterocycles. The smallest absolute Gasteiger partial charge is 0.232 e. The first kappa shape index (κ1) is 15.7. The Balaban J connectivity index is 2.51. The zero-order valence-corrected chi connectivity index (χ0v) is 13.3. The van der Waals surface area contributed by atoms with Crippen LogP contribution in [0.1, 0.15) is 34.6 Å². The molecule has 0 spiro atoms. The fourth-order valence-corrected chi connectivity index (χ4v) is 3.57. The van der Waals surface area contributed by atoms with Gasteiger partial charge in [0, 0.05) is 6.92 Å². The topological polar surface area (TPSA) is 75.3 Å². The molecule has 116 valence electrons. The molecule has 0 radical (unpaired) electrons. The predicted molar refractivity (Wildman–Crippen MR) is 79.0 cm³/mol.